The molecule has 3 aromatic rings. The Morgan fingerprint density at radius 1 is 0.930 bits per heavy atom. The molecule has 10 heteroatoms. The largest absolute Gasteiger partial charge is 0.335 e. The lowest BCUT2D eigenvalue weighted by molar-refractivity contribution is -0.120. The van der Waals surface area contributed by atoms with Crippen LogP contribution in [-0.4, -0.2) is 43.6 Å². The zero-order chi connectivity index (χ0) is 31.5. The smallest absolute Gasteiger partial charge is 0.309 e. The summed E-state index contributed by atoms with van der Waals surface area (Å²) in [6.07, 6.45) is 10.4. The number of benzene rings is 1. The highest BCUT2D eigenvalue weighted by atomic mass is 32.2. The number of pyridine rings is 2. The Labute approximate surface area is 257 Å². The summed E-state index contributed by atoms with van der Waals surface area (Å²) < 4.78 is 47.2. The molecule has 1 fully saturated rings. The Hall–Kier alpha value is -2.71. The first kappa shape index (κ1) is 34.8. The first-order valence-corrected chi connectivity index (χ1v) is 18.6. The third-order valence-corrected chi connectivity index (χ3v) is 10.7. The van der Waals surface area contributed by atoms with Crippen LogP contribution >= 0.6 is 7.60 Å². The maximum Gasteiger partial charge on any atom is 0.335 e. The highest BCUT2D eigenvalue weighted by Crippen LogP contribution is 2.51. The quantitative estimate of drug-likeness (QED) is 0.180. The second-order valence-electron chi connectivity index (χ2n) is 11.2. The van der Waals surface area contributed by atoms with Crippen molar-refractivity contribution in [2.24, 2.45) is 5.92 Å². The molecule has 1 aliphatic carbocycles. The van der Waals surface area contributed by atoms with Crippen molar-refractivity contribution in [1.29, 1.82) is 0 Å². The number of hydrogen-bond acceptors (Lipinski definition) is 8. The van der Waals surface area contributed by atoms with E-state index in [2.05, 4.69) is 16.0 Å². The Morgan fingerprint density at radius 3 is 2.07 bits per heavy atom. The minimum atomic E-state index is -3.29. The van der Waals surface area contributed by atoms with Gasteiger partial charge < -0.3 is 9.05 Å². The minimum Gasteiger partial charge on any atom is -0.309 e. The van der Waals surface area contributed by atoms with Crippen molar-refractivity contribution in [2.45, 2.75) is 83.2 Å². The molecule has 0 spiro atoms. The number of aromatic nitrogens is 2. The molecule has 1 atom stereocenters. The number of carbonyl (C=O) groups is 1. The van der Waals surface area contributed by atoms with Gasteiger partial charge in [-0.05, 0) is 81.0 Å². The maximum atomic E-state index is 13.4. The summed E-state index contributed by atoms with van der Waals surface area (Å²) in [6, 6.07) is 14.4. The third kappa shape index (κ3) is 11.4. The van der Waals surface area contributed by atoms with E-state index in [4.69, 9.17) is 9.05 Å². The van der Waals surface area contributed by atoms with E-state index in [1.165, 1.54) is 24.7 Å². The van der Waals surface area contributed by atoms with Gasteiger partial charge in [0, 0.05) is 42.4 Å². The maximum absolute atomic E-state index is 13.4. The molecule has 2 aromatic heterocycles. The van der Waals surface area contributed by atoms with Gasteiger partial charge in [0.25, 0.3) is 0 Å². The lowest BCUT2D eigenvalue weighted by Gasteiger charge is -2.20. The van der Waals surface area contributed by atoms with Crippen molar-refractivity contribution in [1.82, 2.24) is 9.97 Å². The second kappa shape index (κ2) is 16.4. The Bertz CT molecular complexity index is 1420. The molecular formula is C33H45N2O6PS. The van der Waals surface area contributed by atoms with Gasteiger partial charge in [0.2, 0.25) is 0 Å². The van der Waals surface area contributed by atoms with Gasteiger partial charge in [-0.3, -0.25) is 19.3 Å². The molecule has 234 valence electrons. The number of carbonyl (C=O) groups excluding carboxylic acids is 1. The van der Waals surface area contributed by atoms with Crippen LogP contribution in [-0.2, 0) is 40.8 Å². The van der Waals surface area contributed by atoms with E-state index in [1.54, 1.807) is 50.4 Å². The molecule has 1 saturated carbocycles. The van der Waals surface area contributed by atoms with Gasteiger partial charge in [-0.2, -0.15) is 0 Å². The summed E-state index contributed by atoms with van der Waals surface area (Å²) in [7, 11) is -6.52. The highest BCUT2D eigenvalue weighted by Gasteiger charge is 2.28. The number of hydrogen-bond donors (Lipinski definition) is 0. The fourth-order valence-corrected chi connectivity index (χ4v) is 7.53. The Morgan fingerprint density at radius 2 is 1.58 bits per heavy atom. The second-order valence-corrected chi connectivity index (χ2v) is 15.2. The molecule has 1 aliphatic rings. The Balaban J connectivity index is 0.000000546. The summed E-state index contributed by atoms with van der Waals surface area (Å²) in [4.78, 5) is 22.2. The lowest BCUT2D eigenvalue weighted by atomic mass is 9.83. The van der Waals surface area contributed by atoms with E-state index in [1.807, 2.05) is 32.2 Å². The van der Waals surface area contributed by atoms with Gasteiger partial charge >= 0.3 is 7.60 Å². The molecule has 1 aromatic carbocycles. The summed E-state index contributed by atoms with van der Waals surface area (Å²) in [5.41, 5.74) is 4.52. The van der Waals surface area contributed by atoms with E-state index < -0.39 is 17.4 Å². The van der Waals surface area contributed by atoms with Crippen LogP contribution in [0.5, 0.6) is 0 Å². The first-order valence-electron chi connectivity index (χ1n) is 15.0. The van der Waals surface area contributed by atoms with E-state index in [0.717, 1.165) is 36.1 Å². The number of ketones is 1. The predicted molar refractivity (Wildman–Crippen MR) is 170 cm³/mol. The topological polar surface area (TPSA) is 113 Å². The molecule has 0 N–H and O–H groups in total. The van der Waals surface area contributed by atoms with Gasteiger partial charge in [0.15, 0.2) is 9.84 Å². The van der Waals surface area contributed by atoms with Crippen molar-refractivity contribution in [3.05, 3.63) is 89.0 Å². The molecule has 0 bridgehead atoms. The van der Waals surface area contributed by atoms with Gasteiger partial charge in [0.05, 0.1) is 24.3 Å². The van der Waals surface area contributed by atoms with Crippen LogP contribution in [0.1, 0.15) is 79.9 Å². The predicted octanol–water partition coefficient (Wildman–Crippen LogP) is 7.43. The number of nitrogens with zero attached hydrogens (tertiary/aromatic N) is 2. The van der Waals surface area contributed by atoms with E-state index in [-0.39, 0.29) is 29.2 Å². The van der Waals surface area contributed by atoms with Crippen LogP contribution in [0.25, 0.3) is 0 Å². The van der Waals surface area contributed by atoms with Crippen LogP contribution < -0.4 is 0 Å². The van der Waals surface area contributed by atoms with Crippen molar-refractivity contribution >= 4 is 23.2 Å². The summed E-state index contributed by atoms with van der Waals surface area (Å²) >= 11 is 0. The fourth-order valence-electron chi connectivity index (χ4n) is 5.22. The zero-order valence-corrected chi connectivity index (χ0v) is 27.7. The van der Waals surface area contributed by atoms with Crippen molar-refractivity contribution in [3.63, 3.8) is 0 Å². The Kier molecular flexibility index (Phi) is 13.3. The summed E-state index contributed by atoms with van der Waals surface area (Å²) in [5, 5.41) is 0. The molecule has 0 radical (unpaired) electrons. The first-order chi connectivity index (χ1) is 20.4. The average molecular weight is 629 g/mol. The van der Waals surface area contributed by atoms with Crippen molar-refractivity contribution < 1.29 is 26.8 Å². The molecule has 0 aliphatic heterocycles. The molecule has 0 unspecified atom stereocenters. The fraction of sp³-hybridized carbons (Fsp3) is 0.485. The third-order valence-electron chi connectivity index (χ3n) is 7.47. The van der Waals surface area contributed by atoms with Gasteiger partial charge in [-0.1, -0.05) is 49.9 Å². The van der Waals surface area contributed by atoms with Crippen molar-refractivity contribution in [2.75, 3.05) is 19.5 Å². The number of sulfone groups is 1. The summed E-state index contributed by atoms with van der Waals surface area (Å²) in [6.45, 7) is 8.16. The van der Waals surface area contributed by atoms with Gasteiger partial charge in [-0.25, -0.2) is 8.42 Å². The number of Topliss-reactive ketones (excluding diaryl/α,β-unsaturated/α-hetero) is 1. The standard InChI is InChI=1S/C26H36NO6PS.C7H9N/c1-4-32-34(29,33-5-2)19-21-10-13-23(27-18-21)17-26(28)25(16-20-8-6-7-9-20)22-11-14-24(15-12-22)35(3,30)31;1-6-3-4-7(2)8-5-6/h10-15,18,20,25H,4-9,16-17,19H2,1-3H3;3-5H,1-2H3/t25-;/m1./s1. The molecule has 0 amide bonds. The molecule has 0 saturated heterocycles. The average Bonchev–Trinajstić information content (AvgIpc) is 3.48. The summed E-state index contributed by atoms with van der Waals surface area (Å²) in [5.74, 6) is 0.267. The molecule has 2 heterocycles. The SMILES string of the molecule is CCOP(=O)(Cc1ccc(CC(=O)[C@H](CC2CCCC2)c2ccc(S(C)(=O)=O)cc2)nc1)OCC.Cc1ccc(C)nc1. The van der Waals surface area contributed by atoms with Crippen LogP contribution in [0.3, 0.4) is 0 Å². The van der Waals surface area contributed by atoms with E-state index in [0.29, 0.717) is 24.8 Å². The normalized spacial score (nSPS) is 14.6. The zero-order valence-electron chi connectivity index (χ0n) is 26.0. The molecular weight excluding hydrogens is 583 g/mol. The highest BCUT2D eigenvalue weighted by molar-refractivity contribution is 7.90. The lowest BCUT2D eigenvalue weighted by Crippen LogP contribution is -2.18. The van der Waals surface area contributed by atoms with Crippen LogP contribution in [0.2, 0.25) is 0 Å². The van der Waals surface area contributed by atoms with Crippen LogP contribution in [0, 0.1) is 19.8 Å². The van der Waals surface area contributed by atoms with E-state index >= 15 is 0 Å². The van der Waals surface area contributed by atoms with Gasteiger partial charge in [-0.15, -0.1) is 0 Å². The molecule has 8 nitrogen and oxygen atoms in total. The van der Waals surface area contributed by atoms with Crippen LogP contribution in [0.4, 0.5) is 0 Å². The molecule has 43 heavy (non-hydrogen) atoms. The minimum absolute atomic E-state index is 0.0681. The monoisotopic (exact) mass is 628 g/mol. The number of rotatable bonds is 13. The van der Waals surface area contributed by atoms with Crippen LogP contribution in [0.15, 0.2) is 65.8 Å². The van der Waals surface area contributed by atoms with Crippen molar-refractivity contribution in [3.8, 4) is 0 Å². The van der Waals surface area contributed by atoms with Gasteiger partial charge in [0.1, 0.15) is 5.78 Å². The van der Waals surface area contributed by atoms with E-state index in [9.17, 15) is 17.8 Å². The molecule has 4 rings (SSSR count). The number of aryl methyl sites for hydroxylation is 2.